The van der Waals surface area contributed by atoms with Gasteiger partial charge in [0.25, 0.3) is 0 Å². The molecule has 0 aromatic rings. The molecule has 0 rings (SSSR count). The quantitative estimate of drug-likeness (QED) is 0.0376. The van der Waals surface area contributed by atoms with Crippen LogP contribution in [0.25, 0.3) is 0 Å². The van der Waals surface area contributed by atoms with E-state index in [-0.39, 0.29) is 25.2 Å². The minimum atomic E-state index is -0.773. The van der Waals surface area contributed by atoms with Crippen LogP contribution in [0.4, 0.5) is 0 Å². The summed E-state index contributed by atoms with van der Waals surface area (Å²) in [6, 6.07) is 0. The van der Waals surface area contributed by atoms with E-state index in [9.17, 15) is 14.7 Å². The van der Waals surface area contributed by atoms with Crippen LogP contribution in [-0.4, -0.2) is 36.4 Å². The van der Waals surface area contributed by atoms with Crippen LogP contribution < -0.4 is 0 Å². The smallest absolute Gasteiger partial charge is 0.306 e. The van der Waals surface area contributed by atoms with Gasteiger partial charge in [-0.15, -0.1) is 0 Å². The third-order valence-corrected chi connectivity index (χ3v) is 11.4. The number of allylic oxidation sites excluding steroid dienone is 8. The van der Waals surface area contributed by atoms with Crippen molar-refractivity contribution in [3.05, 3.63) is 48.6 Å². The highest BCUT2D eigenvalue weighted by atomic mass is 16.6. The standard InChI is InChI=1S/C54H98O5/c1-3-5-7-9-11-13-15-17-19-21-23-25-27-29-31-33-35-37-39-41-43-45-47-49-54(57)59-52(50-55)51-58-53(56)48-46-44-42-40-38-36-34-32-30-28-26-24-22-20-18-16-14-12-10-8-6-4-2/h5,7,11,13,17,19,23,25,52,55H,3-4,6,8-10,12,14-16,18,20-22,24,26-51H2,1-2H3/b7-5-,13-11-,19-17-,25-23-. The van der Waals surface area contributed by atoms with Gasteiger partial charge in [-0.3, -0.25) is 9.59 Å². The Balaban J connectivity index is 3.48. The van der Waals surface area contributed by atoms with Gasteiger partial charge in [0, 0.05) is 12.8 Å². The lowest BCUT2D eigenvalue weighted by Crippen LogP contribution is -2.28. The Morgan fingerprint density at radius 2 is 0.729 bits per heavy atom. The van der Waals surface area contributed by atoms with Crippen molar-refractivity contribution in [2.75, 3.05) is 13.2 Å². The first kappa shape index (κ1) is 56.9. The molecule has 344 valence electrons. The van der Waals surface area contributed by atoms with Gasteiger partial charge < -0.3 is 14.6 Å². The predicted molar refractivity (Wildman–Crippen MR) is 256 cm³/mol. The summed E-state index contributed by atoms with van der Waals surface area (Å²) in [6.45, 7) is 4.06. The van der Waals surface area contributed by atoms with E-state index >= 15 is 0 Å². The molecule has 5 nitrogen and oxygen atoms in total. The molecular formula is C54H98O5. The summed E-state index contributed by atoms with van der Waals surface area (Å²) in [7, 11) is 0. The molecule has 0 saturated carbocycles. The van der Waals surface area contributed by atoms with E-state index in [1.807, 2.05) is 0 Å². The number of hydrogen-bond acceptors (Lipinski definition) is 5. The lowest BCUT2D eigenvalue weighted by molar-refractivity contribution is -0.161. The van der Waals surface area contributed by atoms with Crippen molar-refractivity contribution in [3.8, 4) is 0 Å². The maximum absolute atomic E-state index is 12.3. The van der Waals surface area contributed by atoms with Gasteiger partial charge in [0.1, 0.15) is 6.61 Å². The van der Waals surface area contributed by atoms with E-state index in [2.05, 4.69) is 62.5 Å². The summed E-state index contributed by atoms with van der Waals surface area (Å²) in [6.07, 6.45) is 64.9. The maximum atomic E-state index is 12.3. The van der Waals surface area contributed by atoms with Crippen molar-refractivity contribution in [3.63, 3.8) is 0 Å². The first-order chi connectivity index (χ1) is 29.1. The topological polar surface area (TPSA) is 72.8 Å². The second-order valence-corrected chi connectivity index (χ2v) is 17.2. The Kier molecular flexibility index (Phi) is 48.4. The van der Waals surface area contributed by atoms with E-state index in [0.29, 0.717) is 12.8 Å². The fraction of sp³-hybridized carbons (Fsp3) is 0.815. The summed E-state index contributed by atoms with van der Waals surface area (Å²) in [5.74, 6) is -0.584. The molecule has 0 aromatic heterocycles. The van der Waals surface area contributed by atoms with Crippen molar-refractivity contribution in [2.45, 2.75) is 270 Å². The minimum Gasteiger partial charge on any atom is -0.462 e. The zero-order chi connectivity index (χ0) is 42.8. The molecule has 0 saturated heterocycles. The van der Waals surface area contributed by atoms with Crippen molar-refractivity contribution < 1.29 is 24.2 Å². The largest absolute Gasteiger partial charge is 0.462 e. The molecule has 0 fully saturated rings. The number of esters is 2. The van der Waals surface area contributed by atoms with Crippen LogP contribution in [0.1, 0.15) is 264 Å². The zero-order valence-electron chi connectivity index (χ0n) is 39.3. The lowest BCUT2D eigenvalue weighted by atomic mass is 10.0. The van der Waals surface area contributed by atoms with E-state index in [0.717, 1.165) is 64.2 Å². The van der Waals surface area contributed by atoms with Crippen LogP contribution in [0.3, 0.4) is 0 Å². The third-order valence-electron chi connectivity index (χ3n) is 11.4. The molecule has 1 N–H and O–H groups in total. The summed E-state index contributed by atoms with van der Waals surface area (Å²) < 4.78 is 10.7. The van der Waals surface area contributed by atoms with Crippen LogP contribution >= 0.6 is 0 Å². The number of unbranched alkanes of at least 4 members (excludes halogenated alkanes) is 31. The number of aliphatic hydroxyl groups is 1. The summed E-state index contributed by atoms with van der Waals surface area (Å²) >= 11 is 0. The van der Waals surface area contributed by atoms with Crippen molar-refractivity contribution in [1.82, 2.24) is 0 Å². The van der Waals surface area contributed by atoms with Gasteiger partial charge in [0.05, 0.1) is 6.61 Å². The van der Waals surface area contributed by atoms with Crippen molar-refractivity contribution in [2.24, 2.45) is 0 Å². The highest BCUT2D eigenvalue weighted by Crippen LogP contribution is 2.16. The van der Waals surface area contributed by atoms with Crippen LogP contribution in [0.2, 0.25) is 0 Å². The monoisotopic (exact) mass is 827 g/mol. The number of hydrogen-bond donors (Lipinski definition) is 1. The normalized spacial score (nSPS) is 12.5. The number of aliphatic hydroxyl groups excluding tert-OH is 1. The highest BCUT2D eigenvalue weighted by Gasteiger charge is 2.16. The first-order valence-electron chi connectivity index (χ1n) is 25.7. The Labute approximate surface area is 367 Å². The molecule has 0 spiro atoms. The molecule has 59 heavy (non-hydrogen) atoms. The minimum absolute atomic E-state index is 0.0647. The fourth-order valence-corrected chi connectivity index (χ4v) is 7.55. The summed E-state index contributed by atoms with van der Waals surface area (Å²) in [5.41, 5.74) is 0. The lowest BCUT2D eigenvalue weighted by Gasteiger charge is -2.15. The molecule has 0 aliphatic rings. The van der Waals surface area contributed by atoms with Gasteiger partial charge in [-0.2, -0.15) is 0 Å². The molecule has 0 aliphatic carbocycles. The SMILES string of the molecule is CC/C=C\C/C=C\C/C=C\C/C=C\CCCCCCCCCCCCC(=O)OC(CO)COC(=O)CCCCCCCCCCCCCCCCCCCCCCCC. The first-order valence-corrected chi connectivity index (χ1v) is 25.7. The third kappa shape index (κ3) is 48.4. The second-order valence-electron chi connectivity index (χ2n) is 17.2. The molecule has 0 aliphatic heterocycles. The van der Waals surface area contributed by atoms with E-state index in [4.69, 9.17) is 9.47 Å². The van der Waals surface area contributed by atoms with E-state index in [1.165, 1.54) is 173 Å². The molecular weight excluding hydrogens is 729 g/mol. The molecule has 0 radical (unpaired) electrons. The van der Waals surface area contributed by atoms with Gasteiger partial charge in [-0.25, -0.2) is 0 Å². The van der Waals surface area contributed by atoms with Crippen LogP contribution in [0.5, 0.6) is 0 Å². The molecule has 1 unspecified atom stereocenters. The average Bonchev–Trinajstić information content (AvgIpc) is 3.24. The van der Waals surface area contributed by atoms with E-state index in [1.54, 1.807) is 0 Å². The predicted octanol–water partition coefficient (Wildman–Crippen LogP) is 16.9. The Bertz CT molecular complexity index is 981. The van der Waals surface area contributed by atoms with Crippen molar-refractivity contribution in [1.29, 1.82) is 0 Å². The Morgan fingerprint density at radius 3 is 1.10 bits per heavy atom. The van der Waals surface area contributed by atoms with Gasteiger partial charge in [0.2, 0.25) is 0 Å². The van der Waals surface area contributed by atoms with Crippen LogP contribution in [0, 0.1) is 0 Å². The van der Waals surface area contributed by atoms with Gasteiger partial charge >= 0.3 is 11.9 Å². The van der Waals surface area contributed by atoms with Crippen LogP contribution in [0.15, 0.2) is 48.6 Å². The molecule has 0 amide bonds. The number of ether oxygens (including phenoxy) is 2. The zero-order valence-corrected chi connectivity index (χ0v) is 39.3. The van der Waals surface area contributed by atoms with Gasteiger partial charge in [-0.1, -0.05) is 249 Å². The Morgan fingerprint density at radius 1 is 0.407 bits per heavy atom. The number of carbonyl (C=O) groups is 2. The molecule has 0 heterocycles. The molecule has 1 atom stereocenters. The molecule has 5 heteroatoms. The summed E-state index contributed by atoms with van der Waals surface area (Å²) in [5, 5.41) is 9.63. The van der Waals surface area contributed by atoms with Gasteiger partial charge in [-0.05, 0) is 51.4 Å². The van der Waals surface area contributed by atoms with Crippen molar-refractivity contribution >= 4 is 11.9 Å². The number of rotatable bonds is 47. The Hall–Kier alpha value is -2.14. The maximum Gasteiger partial charge on any atom is 0.306 e. The molecule has 0 aromatic carbocycles. The average molecular weight is 827 g/mol. The van der Waals surface area contributed by atoms with E-state index < -0.39 is 6.10 Å². The van der Waals surface area contributed by atoms with Gasteiger partial charge in [0.15, 0.2) is 6.10 Å². The van der Waals surface area contributed by atoms with Crippen LogP contribution in [-0.2, 0) is 19.1 Å². The number of carbonyl (C=O) groups excluding carboxylic acids is 2. The molecule has 0 bridgehead atoms. The fourth-order valence-electron chi connectivity index (χ4n) is 7.55. The second kappa shape index (κ2) is 50.2. The summed E-state index contributed by atoms with van der Waals surface area (Å²) in [4.78, 5) is 24.5. The highest BCUT2D eigenvalue weighted by molar-refractivity contribution is 5.70.